The quantitative estimate of drug-likeness (QED) is 0.844. The molecule has 0 saturated heterocycles. The van der Waals surface area contributed by atoms with E-state index in [4.69, 9.17) is 0 Å². The van der Waals surface area contributed by atoms with Gasteiger partial charge in [0.15, 0.2) is 0 Å². The van der Waals surface area contributed by atoms with E-state index in [1.165, 1.54) is 6.20 Å². The standard InChI is InChI=1S/C14H13BrF3NO/c1-7(2)11-8(13(20)14(16,17)18)6-19-10-5-3-4-9(15)12(10)11/h3-7,11,19H,1-2H3. The number of ketones is 1. The summed E-state index contributed by atoms with van der Waals surface area (Å²) < 4.78 is 38.8. The largest absolute Gasteiger partial charge is 0.454 e. The van der Waals surface area contributed by atoms with Gasteiger partial charge in [0.25, 0.3) is 5.78 Å². The van der Waals surface area contributed by atoms with Crippen LogP contribution in [0.25, 0.3) is 0 Å². The van der Waals surface area contributed by atoms with Gasteiger partial charge in [-0.2, -0.15) is 13.2 Å². The van der Waals surface area contributed by atoms with Crippen molar-refractivity contribution in [2.24, 2.45) is 5.92 Å². The fourth-order valence-corrected chi connectivity index (χ4v) is 3.06. The summed E-state index contributed by atoms with van der Waals surface area (Å²) in [6.45, 7) is 3.60. The van der Waals surface area contributed by atoms with Gasteiger partial charge in [0.05, 0.1) is 0 Å². The first-order valence-electron chi connectivity index (χ1n) is 6.10. The average Bonchev–Trinajstić information content (AvgIpc) is 2.35. The van der Waals surface area contributed by atoms with E-state index in [2.05, 4.69) is 21.2 Å². The lowest BCUT2D eigenvalue weighted by molar-refractivity contribution is -0.167. The lowest BCUT2D eigenvalue weighted by Crippen LogP contribution is -2.31. The molecule has 1 aliphatic rings. The zero-order valence-electron chi connectivity index (χ0n) is 10.9. The van der Waals surface area contributed by atoms with Gasteiger partial charge in [-0.3, -0.25) is 4.79 Å². The Labute approximate surface area is 123 Å². The molecule has 2 rings (SSSR count). The Morgan fingerprint density at radius 2 is 2.00 bits per heavy atom. The molecule has 0 aliphatic carbocycles. The highest BCUT2D eigenvalue weighted by Crippen LogP contribution is 2.44. The molecule has 20 heavy (non-hydrogen) atoms. The van der Waals surface area contributed by atoms with Crippen molar-refractivity contribution in [1.82, 2.24) is 0 Å². The van der Waals surface area contributed by atoms with Crippen LogP contribution in [0, 0.1) is 5.92 Å². The van der Waals surface area contributed by atoms with Crippen LogP contribution in [0.3, 0.4) is 0 Å². The van der Waals surface area contributed by atoms with Crippen LogP contribution in [-0.2, 0) is 4.79 Å². The van der Waals surface area contributed by atoms with Crippen molar-refractivity contribution in [3.8, 4) is 0 Å². The minimum absolute atomic E-state index is 0.132. The molecule has 1 aromatic rings. The summed E-state index contributed by atoms with van der Waals surface area (Å²) in [5.41, 5.74) is 1.17. The molecule has 1 heterocycles. The second-order valence-electron chi connectivity index (χ2n) is 4.99. The Balaban J connectivity index is 2.55. The molecule has 2 nitrogen and oxygen atoms in total. The number of Topliss-reactive ketones (excluding diaryl/α,β-unsaturated/α-hetero) is 1. The first-order valence-corrected chi connectivity index (χ1v) is 6.89. The summed E-state index contributed by atoms with van der Waals surface area (Å²) in [4.78, 5) is 11.6. The van der Waals surface area contributed by atoms with E-state index < -0.39 is 17.9 Å². The van der Waals surface area contributed by atoms with Crippen molar-refractivity contribution >= 4 is 27.4 Å². The van der Waals surface area contributed by atoms with E-state index in [9.17, 15) is 18.0 Å². The molecule has 1 N–H and O–H groups in total. The normalized spacial score (nSPS) is 18.4. The summed E-state index contributed by atoms with van der Waals surface area (Å²) >= 11 is 3.36. The predicted molar refractivity (Wildman–Crippen MR) is 74.5 cm³/mol. The molecule has 1 unspecified atom stereocenters. The van der Waals surface area contributed by atoms with Crippen LogP contribution in [-0.4, -0.2) is 12.0 Å². The Morgan fingerprint density at radius 3 is 2.55 bits per heavy atom. The molecule has 0 amide bonds. The van der Waals surface area contributed by atoms with Crippen molar-refractivity contribution in [2.75, 3.05) is 5.32 Å². The van der Waals surface area contributed by atoms with Gasteiger partial charge in [0, 0.05) is 27.9 Å². The molecule has 0 aromatic heterocycles. The fraction of sp³-hybridized carbons (Fsp3) is 0.357. The number of allylic oxidation sites excluding steroid dienone is 1. The molecule has 1 aliphatic heterocycles. The second kappa shape index (κ2) is 5.24. The number of halogens is 4. The summed E-state index contributed by atoms with van der Waals surface area (Å²) in [5, 5.41) is 2.78. The molecular weight excluding hydrogens is 335 g/mol. The van der Waals surface area contributed by atoms with E-state index in [0.29, 0.717) is 10.0 Å². The van der Waals surface area contributed by atoms with Crippen LogP contribution in [0.4, 0.5) is 18.9 Å². The molecule has 0 radical (unpaired) electrons. The zero-order chi connectivity index (χ0) is 15.1. The molecule has 6 heteroatoms. The van der Waals surface area contributed by atoms with Crippen LogP contribution < -0.4 is 5.32 Å². The number of rotatable bonds is 2. The minimum atomic E-state index is -4.86. The molecule has 0 saturated carbocycles. The topological polar surface area (TPSA) is 29.1 Å². The van der Waals surface area contributed by atoms with E-state index in [1.54, 1.807) is 32.0 Å². The highest BCUT2D eigenvalue weighted by molar-refractivity contribution is 9.10. The van der Waals surface area contributed by atoms with Gasteiger partial charge in [-0.25, -0.2) is 0 Å². The number of carbonyl (C=O) groups is 1. The van der Waals surface area contributed by atoms with Gasteiger partial charge in [-0.1, -0.05) is 35.8 Å². The van der Waals surface area contributed by atoms with E-state index in [0.717, 1.165) is 5.69 Å². The lowest BCUT2D eigenvalue weighted by Gasteiger charge is -2.31. The third-order valence-electron chi connectivity index (χ3n) is 3.27. The third kappa shape index (κ3) is 2.61. The van der Waals surface area contributed by atoms with Crippen LogP contribution in [0.2, 0.25) is 0 Å². The first kappa shape index (κ1) is 15.1. The van der Waals surface area contributed by atoms with Crippen LogP contribution in [0.1, 0.15) is 25.3 Å². The molecule has 0 bridgehead atoms. The Hall–Kier alpha value is -1.30. The van der Waals surface area contributed by atoms with Crippen molar-refractivity contribution in [2.45, 2.75) is 25.9 Å². The summed E-state index contributed by atoms with van der Waals surface area (Å²) in [6.07, 6.45) is -3.69. The van der Waals surface area contributed by atoms with Crippen LogP contribution in [0.5, 0.6) is 0 Å². The number of alkyl halides is 3. The molecule has 1 atom stereocenters. The molecule has 0 spiro atoms. The number of hydrogen-bond donors (Lipinski definition) is 1. The number of fused-ring (bicyclic) bond motifs is 1. The van der Waals surface area contributed by atoms with Crippen molar-refractivity contribution in [1.29, 1.82) is 0 Å². The molecule has 108 valence electrons. The molecule has 1 aromatic carbocycles. The monoisotopic (exact) mass is 347 g/mol. The highest BCUT2D eigenvalue weighted by atomic mass is 79.9. The van der Waals surface area contributed by atoms with Crippen molar-refractivity contribution in [3.63, 3.8) is 0 Å². The summed E-state index contributed by atoms with van der Waals surface area (Å²) in [6, 6.07) is 5.33. The zero-order valence-corrected chi connectivity index (χ0v) is 12.5. The maximum atomic E-state index is 12.7. The third-order valence-corrected chi connectivity index (χ3v) is 3.96. The number of benzene rings is 1. The van der Waals surface area contributed by atoms with Gasteiger partial charge in [-0.05, 0) is 23.6 Å². The van der Waals surface area contributed by atoms with Gasteiger partial charge < -0.3 is 5.32 Å². The van der Waals surface area contributed by atoms with E-state index in [-0.39, 0.29) is 11.5 Å². The van der Waals surface area contributed by atoms with Crippen molar-refractivity contribution < 1.29 is 18.0 Å². The number of hydrogen-bond acceptors (Lipinski definition) is 2. The SMILES string of the molecule is CC(C)C1C(C(=O)C(F)(F)F)=CNc2cccc(Br)c21. The van der Waals surface area contributed by atoms with E-state index in [1.807, 2.05) is 0 Å². The first-order chi connectivity index (χ1) is 9.23. The highest BCUT2D eigenvalue weighted by Gasteiger charge is 2.45. The van der Waals surface area contributed by atoms with Crippen LogP contribution in [0.15, 0.2) is 34.4 Å². The van der Waals surface area contributed by atoms with Gasteiger partial charge in [0.2, 0.25) is 0 Å². The second-order valence-corrected chi connectivity index (χ2v) is 5.85. The minimum Gasteiger partial charge on any atom is -0.361 e. The fourth-order valence-electron chi connectivity index (χ4n) is 2.44. The number of anilines is 1. The maximum Gasteiger partial charge on any atom is 0.454 e. The maximum absolute atomic E-state index is 12.7. The Bertz CT molecular complexity index is 578. The van der Waals surface area contributed by atoms with Gasteiger partial charge >= 0.3 is 6.18 Å². The summed E-state index contributed by atoms with van der Waals surface area (Å²) in [7, 11) is 0. The Morgan fingerprint density at radius 1 is 1.35 bits per heavy atom. The van der Waals surface area contributed by atoms with Gasteiger partial charge in [0.1, 0.15) is 0 Å². The predicted octanol–water partition coefficient (Wildman–Crippen LogP) is 4.63. The smallest absolute Gasteiger partial charge is 0.361 e. The number of carbonyl (C=O) groups excluding carboxylic acids is 1. The van der Waals surface area contributed by atoms with Crippen molar-refractivity contribution in [3.05, 3.63) is 40.0 Å². The van der Waals surface area contributed by atoms with E-state index >= 15 is 0 Å². The molecular formula is C14H13BrF3NO. The van der Waals surface area contributed by atoms with Crippen LogP contribution >= 0.6 is 15.9 Å². The number of nitrogens with one attached hydrogen (secondary N) is 1. The Kier molecular flexibility index (Phi) is 3.95. The summed E-state index contributed by atoms with van der Waals surface area (Å²) in [5.74, 6) is -2.51. The lowest BCUT2D eigenvalue weighted by atomic mass is 9.78. The average molecular weight is 348 g/mol. The molecule has 0 fully saturated rings. The van der Waals surface area contributed by atoms with Gasteiger partial charge in [-0.15, -0.1) is 0 Å².